The molecule has 2 aromatic carbocycles. The molecule has 0 aliphatic carbocycles. The highest BCUT2D eigenvalue weighted by molar-refractivity contribution is 9.10. The lowest BCUT2D eigenvalue weighted by Crippen LogP contribution is -2.21. The van der Waals surface area contributed by atoms with Crippen LogP contribution in [-0.4, -0.2) is 34.1 Å². The van der Waals surface area contributed by atoms with Gasteiger partial charge in [0.05, 0.1) is 11.0 Å². The summed E-state index contributed by atoms with van der Waals surface area (Å²) in [5.74, 6) is 1.21. The first-order chi connectivity index (χ1) is 12.3. The summed E-state index contributed by atoms with van der Waals surface area (Å²) in [7, 11) is 0. The van der Waals surface area contributed by atoms with Crippen LogP contribution in [0.25, 0.3) is 11.0 Å². The molecule has 1 aliphatic rings. The van der Waals surface area contributed by atoms with E-state index < -0.39 is 0 Å². The Kier molecular flexibility index (Phi) is 5.18. The van der Waals surface area contributed by atoms with E-state index in [2.05, 4.69) is 73.9 Å². The Bertz CT molecular complexity index is 832. The van der Waals surface area contributed by atoms with E-state index in [9.17, 15) is 0 Å². The zero-order valence-electron chi connectivity index (χ0n) is 14.5. The van der Waals surface area contributed by atoms with Gasteiger partial charge in [-0.25, -0.2) is 4.98 Å². The second-order valence-corrected chi connectivity index (χ2v) is 7.80. The van der Waals surface area contributed by atoms with Gasteiger partial charge >= 0.3 is 0 Å². The number of rotatable bonds is 6. The van der Waals surface area contributed by atoms with Gasteiger partial charge < -0.3 is 9.47 Å². The molecule has 3 aromatic rings. The fourth-order valence-electron chi connectivity index (χ4n) is 3.73. The molecule has 0 bridgehead atoms. The summed E-state index contributed by atoms with van der Waals surface area (Å²) in [5.41, 5.74) is 3.66. The Morgan fingerprint density at radius 3 is 2.52 bits per heavy atom. The number of imidazole rings is 1. The molecule has 0 unspecified atom stereocenters. The highest BCUT2D eigenvalue weighted by atomic mass is 79.9. The minimum Gasteiger partial charge on any atom is -0.323 e. The smallest absolute Gasteiger partial charge is 0.110 e. The molecule has 0 radical (unpaired) electrons. The van der Waals surface area contributed by atoms with E-state index in [1.54, 1.807) is 0 Å². The molecular formula is C21H24BrN3. The number of nitrogens with zero attached hydrogens (tertiary/aromatic N) is 3. The zero-order chi connectivity index (χ0) is 17.1. The average molecular weight is 398 g/mol. The van der Waals surface area contributed by atoms with E-state index in [4.69, 9.17) is 4.98 Å². The van der Waals surface area contributed by atoms with Crippen molar-refractivity contribution in [2.45, 2.75) is 32.2 Å². The van der Waals surface area contributed by atoms with Crippen LogP contribution in [0.3, 0.4) is 0 Å². The first kappa shape index (κ1) is 16.8. The minimum atomic E-state index is 0.882. The molecule has 130 valence electrons. The topological polar surface area (TPSA) is 21.1 Å². The largest absolute Gasteiger partial charge is 0.323 e. The van der Waals surface area contributed by atoms with Crippen LogP contribution in [0.4, 0.5) is 0 Å². The first-order valence-electron chi connectivity index (χ1n) is 9.20. The van der Waals surface area contributed by atoms with E-state index in [-0.39, 0.29) is 0 Å². The summed E-state index contributed by atoms with van der Waals surface area (Å²) in [6.45, 7) is 4.62. The molecule has 0 N–H and O–H groups in total. The van der Waals surface area contributed by atoms with Gasteiger partial charge in [0.25, 0.3) is 0 Å². The van der Waals surface area contributed by atoms with Crippen LogP contribution >= 0.6 is 15.9 Å². The van der Waals surface area contributed by atoms with Crippen molar-refractivity contribution in [2.24, 2.45) is 0 Å². The number of fused-ring (bicyclic) bond motifs is 1. The third-order valence-electron chi connectivity index (χ3n) is 5.06. The van der Waals surface area contributed by atoms with E-state index in [1.807, 2.05) is 0 Å². The number of likely N-dealkylation sites (tertiary alicyclic amines) is 1. The summed E-state index contributed by atoms with van der Waals surface area (Å²) < 4.78 is 3.51. The van der Waals surface area contributed by atoms with E-state index in [0.29, 0.717) is 0 Å². The molecule has 0 saturated carbocycles. The van der Waals surface area contributed by atoms with E-state index >= 15 is 0 Å². The van der Waals surface area contributed by atoms with Crippen molar-refractivity contribution in [3.63, 3.8) is 0 Å². The summed E-state index contributed by atoms with van der Waals surface area (Å²) in [5, 5.41) is 0. The van der Waals surface area contributed by atoms with Gasteiger partial charge in [-0.15, -0.1) is 0 Å². The molecule has 0 atom stereocenters. The Balaban J connectivity index is 1.55. The first-order valence-corrected chi connectivity index (χ1v) is 10.00. The fraction of sp³-hybridized carbons (Fsp3) is 0.381. The van der Waals surface area contributed by atoms with Crippen molar-refractivity contribution in [2.75, 3.05) is 19.6 Å². The lowest BCUT2D eigenvalue weighted by atomic mass is 10.2. The molecule has 2 heterocycles. The van der Waals surface area contributed by atoms with Crippen molar-refractivity contribution < 1.29 is 0 Å². The van der Waals surface area contributed by atoms with Gasteiger partial charge in [-0.3, -0.25) is 0 Å². The highest BCUT2D eigenvalue weighted by Gasteiger charge is 2.14. The molecule has 0 spiro atoms. The molecule has 4 rings (SSSR count). The van der Waals surface area contributed by atoms with Crippen molar-refractivity contribution in [3.8, 4) is 0 Å². The highest BCUT2D eigenvalue weighted by Crippen LogP contribution is 2.20. The molecule has 3 nitrogen and oxygen atoms in total. The Morgan fingerprint density at radius 1 is 0.960 bits per heavy atom. The maximum Gasteiger partial charge on any atom is 0.110 e. The second kappa shape index (κ2) is 7.71. The van der Waals surface area contributed by atoms with Crippen molar-refractivity contribution in [1.29, 1.82) is 0 Å². The van der Waals surface area contributed by atoms with Crippen LogP contribution in [0.2, 0.25) is 0 Å². The van der Waals surface area contributed by atoms with Gasteiger partial charge in [0.1, 0.15) is 5.82 Å². The molecule has 1 aliphatic heterocycles. The third-order valence-corrected chi connectivity index (χ3v) is 5.59. The van der Waals surface area contributed by atoms with Crippen molar-refractivity contribution in [3.05, 3.63) is 64.4 Å². The van der Waals surface area contributed by atoms with Gasteiger partial charge in [-0.1, -0.05) is 40.2 Å². The average Bonchev–Trinajstić information content (AvgIpc) is 3.26. The predicted molar refractivity (Wildman–Crippen MR) is 107 cm³/mol. The Hall–Kier alpha value is -1.65. The number of para-hydroxylation sites is 2. The van der Waals surface area contributed by atoms with Crippen LogP contribution in [0.15, 0.2) is 53.0 Å². The number of aryl methyl sites for hydroxylation is 1. The number of halogens is 1. The fourth-order valence-corrected chi connectivity index (χ4v) is 4.00. The van der Waals surface area contributed by atoms with Crippen molar-refractivity contribution in [1.82, 2.24) is 14.5 Å². The Labute approximate surface area is 157 Å². The van der Waals surface area contributed by atoms with Gasteiger partial charge in [-0.05, 0) is 68.7 Å². The standard InChI is InChI=1S/C21H24BrN3/c22-18-11-9-17(10-12-18)16-25-20-7-2-1-6-19(20)23-21(25)8-5-15-24-13-3-4-14-24/h1-2,6-7,9-12H,3-5,8,13-16H2. The molecule has 0 amide bonds. The number of benzene rings is 2. The van der Waals surface area contributed by atoms with Crippen LogP contribution in [0, 0.1) is 0 Å². The normalized spacial score (nSPS) is 15.2. The number of hydrogen-bond donors (Lipinski definition) is 0. The monoisotopic (exact) mass is 397 g/mol. The van der Waals surface area contributed by atoms with Gasteiger partial charge in [0, 0.05) is 17.4 Å². The summed E-state index contributed by atoms with van der Waals surface area (Å²) >= 11 is 3.52. The minimum absolute atomic E-state index is 0.882. The zero-order valence-corrected chi connectivity index (χ0v) is 16.1. The molecule has 4 heteroatoms. The summed E-state index contributed by atoms with van der Waals surface area (Å²) in [6, 6.07) is 17.1. The molecule has 1 saturated heterocycles. The van der Waals surface area contributed by atoms with Crippen LogP contribution in [0.1, 0.15) is 30.7 Å². The SMILES string of the molecule is Brc1ccc(Cn2c(CCCN3CCCC3)nc3ccccc32)cc1. The van der Waals surface area contributed by atoms with Gasteiger partial charge in [0.15, 0.2) is 0 Å². The van der Waals surface area contributed by atoms with E-state index in [0.717, 1.165) is 23.0 Å². The lowest BCUT2D eigenvalue weighted by Gasteiger charge is -2.14. The van der Waals surface area contributed by atoms with Crippen LogP contribution in [0.5, 0.6) is 0 Å². The number of hydrogen-bond acceptors (Lipinski definition) is 2. The van der Waals surface area contributed by atoms with Gasteiger partial charge in [-0.2, -0.15) is 0 Å². The van der Waals surface area contributed by atoms with Crippen LogP contribution < -0.4 is 0 Å². The third kappa shape index (κ3) is 3.96. The summed E-state index contributed by atoms with van der Waals surface area (Å²) in [6.07, 6.45) is 4.95. The van der Waals surface area contributed by atoms with E-state index in [1.165, 1.54) is 55.8 Å². The quantitative estimate of drug-likeness (QED) is 0.591. The molecule has 1 aromatic heterocycles. The molecule has 25 heavy (non-hydrogen) atoms. The van der Waals surface area contributed by atoms with Crippen LogP contribution in [-0.2, 0) is 13.0 Å². The Morgan fingerprint density at radius 2 is 1.72 bits per heavy atom. The maximum absolute atomic E-state index is 4.93. The number of aromatic nitrogens is 2. The predicted octanol–water partition coefficient (Wildman–Crippen LogP) is 4.88. The maximum atomic E-state index is 4.93. The van der Waals surface area contributed by atoms with Crippen molar-refractivity contribution >= 4 is 27.0 Å². The second-order valence-electron chi connectivity index (χ2n) is 6.88. The molecular weight excluding hydrogens is 374 g/mol. The molecule has 1 fully saturated rings. The summed E-state index contributed by atoms with van der Waals surface area (Å²) in [4.78, 5) is 7.51. The van der Waals surface area contributed by atoms with Gasteiger partial charge in [0.2, 0.25) is 0 Å². The lowest BCUT2D eigenvalue weighted by molar-refractivity contribution is 0.332.